The molecule has 0 aliphatic carbocycles. The van der Waals surface area contributed by atoms with E-state index in [0.717, 1.165) is 0 Å². The van der Waals surface area contributed by atoms with Crippen LogP contribution in [0, 0.1) is 0 Å². The minimum absolute atomic E-state index is 2.14. The Morgan fingerprint density at radius 2 is 1.00 bits per heavy atom. The SMILES string of the molecule is OCC(F)(F)OC(F)(F)OC(F)(F)CO. The van der Waals surface area contributed by atoms with Crippen molar-refractivity contribution in [3.05, 3.63) is 0 Å². The molecular weight excluding hydrogens is 238 g/mol. The summed E-state index contributed by atoms with van der Waals surface area (Å²) >= 11 is 0. The number of aliphatic hydroxyl groups is 2. The van der Waals surface area contributed by atoms with Crippen molar-refractivity contribution in [2.75, 3.05) is 13.2 Å². The van der Waals surface area contributed by atoms with Crippen molar-refractivity contribution in [1.29, 1.82) is 0 Å². The van der Waals surface area contributed by atoms with E-state index >= 15 is 0 Å². The number of hydrogen-bond donors (Lipinski definition) is 2. The lowest BCUT2D eigenvalue weighted by Gasteiger charge is -2.24. The van der Waals surface area contributed by atoms with Gasteiger partial charge in [-0.05, 0) is 0 Å². The molecular formula is C5H6F6O4. The summed E-state index contributed by atoms with van der Waals surface area (Å²) in [5.41, 5.74) is 0. The fourth-order valence-corrected chi connectivity index (χ4v) is 0.433. The number of aliphatic hydroxyl groups excluding tert-OH is 2. The number of alkyl halides is 6. The van der Waals surface area contributed by atoms with Crippen LogP contribution in [0.3, 0.4) is 0 Å². The van der Waals surface area contributed by atoms with Crippen LogP contribution in [0.1, 0.15) is 0 Å². The van der Waals surface area contributed by atoms with Gasteiger partial charge in [-0.25, -0.2) is 9.47 Å². The normalized spacial score (nSPS) is 14.4. The van der Waals surface area contributed by atoms with E-state index in [2.05, 4.69) is 9.47 Å². The summed E-state index contributed by atoms with van der Waals surface area (Å²) < 4.78 is 77.2. The maximum Gasteiger partial charge on any atom is 0.495 e. The van der Waals surface area contributed by atoms with Crippen LogP contribution in [-0.4, -0.2) is 41.9 Å². The third-order valence-corrected chi connectivity index (χ3v) is 0.904. The van der Waals surface area contributed by atoms with E-state index < -0.39 is 31.7 Å². The second-order valence-electron chi connectivity index (χ2n) is 2.26. The molecule has 15 heavy (non-hydrogen) atoms. The van der Waals surface area contributed by atoms with Crippen molar-refractivity contribution in [2.24, 2.45) is 0 Å². The van der Waals surface area contributed by atoms with Crippen LogP contribution in [-0.2, 0) is 9.47 Å². The van der Waals surface area contributed by atoms with Gasteiger partial charge >= 0.3 is 18.5 Å². The Hall–Kier alpha value is -0.580. The lowest BCUT2D eigenvalue weighted by molar-refractivity contribution is -0.517. The third kappa shape index (κ3) is 5.77. The average molecular weight is 244 g/mol. The zero-order valence-corrected chi connectivity index (χ0v) is 6.89. The molecule has 0 rings (SSSR count). The Kier molecular flexibility index (Phi) is 4.34. The predicted molar refractivity (Wildman–Crippen MR) is 31.2 cm³/mol. The van der Waals surface area contributed by atoms with Gasteiger partial charge in [-0.3, -0.25) is 0 Å². The van der Waals surface area contributed by atoms with Gasteiger partial charge in [0.2, 0.25) is 0 Å². The summed E-state index contributed by atoms with van der Waals surface area (Å²) in [7, 11) is 0. The van der Waals surface area contributed by atoms with Crippen molar-refractivity contribution < 1.29 is 46.0 Å². The lowest BCUT2D eigenvalue weighted by atomic mass is 10.6. The number of halogens is 6. The molecule has 0 unspecified atom stereocenters. The van der Waals surface area contributed by atoms with Crippen LogP contribution in [0.15, 0.2) is 0 Å². The molecule has 0 saturated heterocycles. The summed E-state index contributed by atoms with van der Waals surface area (Å²) in [4.78, 5) is 0. The van der Waals surface area contributed by atoms with Crippen LogP contribution in [0.4, 0.5) is 26.3 Å². The zero-order chi connectivity index (χ0) is 12.3. The molecule has 0 aromatic rings. The van der Waals surface area contributed by atoms with Gasteiger partial charge in [0.25, 0.3) is 0 Å². The van der Waals surface area contributed by atoms with Gasteiger partial charge in [0.1, 0.15) is 13.2 Å². The first-order chi connectivity index (χ1) is 6.54. The highest BCUT2D eigenvalue weighted by molar-refractivity contribution is 4.54. The minimum Gasteiger partial charge on any atom is -0.387 e. The molecule has 0 fully saturated rings. The largest absolute Gasteiger partial charge is 0.495 e. The Labute approximate surface area is 79.0 Å². The molecule has 0 bridgehead atoms. The number of ether oxygens (including phenoxy) is 2. The van der Waals surface area contributed by atoms with E-state index in [-0.39, 0.29) is 0 Å². The maximum atomic E-state index is 12.2. The van der Waals surface area contributed by atoms with E-state index in [9.17, 15) is 26.3 Å². The highest BCUT2D eigenvalue weighted by Gasteiger charge is 2.51. The number of hydrogen-bond acceptors (Lipinski definition) is 4. The second kappa shape index (κ2) is 4.51. The summed E-state index contributed by atoms with van der Waals surface area (Å²) in [5.74, 6) is 0. The summed E-state index contributed by atoms with van der Waals surface area (Å²) in [6.07, 6.45) is -14.8. The molecule has 0 aromatic heterocycles. The summed E-state index contributed by atoms with van der Waals surface area (Å²) in [6.45, 7) is -4.28. The van der Waals surface area contributed by atoms with Crippen LogP contribution >= 0.6 is 0 Å². The van der Waals surface area contributed by atoms with E-state index in [0.29, 0.717) is 0 Å². The van der Waals surface area contributed by atoms with Crippen LogP contribution in [0.5, 0.6) is 0 Å². The zero-order valence-electron chi connectivity index (χ0n) is 6.89. The molecule has 10 heteroatoms. The minimum atomic E-state index is -5.35. The smallest absolute Gasteiger partial charge is 0.387 e. The second-order valence-corrected chi connectivity index (χ2v) is 2.26. The van der Waals surface area contributed by atoms with Gasteiger partial charge in [0.15, 0.2) is 0 Å². The molecule has 0 heterocycles. The molecule has 0 spiro atoms. The van der Waals surface area contributed by atoms with E-state index in [1.54, 1.807) is 0 Å². The van der Waals surface area contributed by atoms with Gasteiger partial charge in [-0.2, -0.15) is 17.6 Å². The standard InChI is InChI=1S/C5H6F6O4/c6-3(7,1-12)14-5(10,11)15-4(8,9)2-13/h12-13H,1-2H2. The molecule has 0 amide bonds. The topological polar surface area (TPSA) is 58.9 Å². The summed E-state index contributed by atoms with van der Waals surface area (Å²) in [5, 5.41) is 15.6. The summed E-state index contributed by atoms with van der Waals surface area (Å²) in [6, 6.07) is 0. The quantitative estimate of drug-likeness (QED) is 0.534. The van der Waals surface area contributed by atoms with Crippen LogP contribution < -0.4 is 0 Å². The van der Waals surface area contributed by atoms with E-state index in [1.807, 2.05) is 0 Å². The van der Waals surface area contributed by atoms with Gasteiger partial charge in [-0.15, -0.1) is 8.78 Å². The predicted octanol–water partition coefficient (Wildman–Crippen LogP) is 0.740. The average Bonchev–Trinajstić information content (AvgIpc) is 2.00. The van der Waals surface area contributed by atoms with E-state index in [1.165, 1.54) is 0 Å². The van der Waals surface area contributed by atoms with Gasteiger partial charge in [0.05, 0.1) is 0 Å². The first-order valence-corrected chi connectivity index (χ1v) is 3.29. The third-order valence-electron chi connectivity index (χ3n) is 0.904. The molecule has 0 radical (unpaired) electrons. The first-order valence-electron chi connectivity index (χ1n) is 3.29. The molecule has 0 atom stereocenters. The highest BCUT2D eigenvalue weighted by Crippen LogP contribution is 2.32. The van der Waals surface area contributed by atoms with E-state index in [4.69, 9.17) is 10.2 Å². The maximum absolute atomic E-state index is 12.2. The molecule has 4 nitrogen and oxygen atoms in total. The molecule has 0 aromatic carbocycles. The Balaban J connectivity index is 4.43. The molecule has 0 aliphatic rings. The fourth-order valence-electron chi connectivity index (χ4n) is 0.433. The lowest BCUT2D eigenvalue weighted by Crippen LogP contribution is -2.43. The van der Waals surface area contributed by atoms with Crippen molar-refractivity contribution in [1.82, 2.24) is 0 Å². The van der Waals surface area contributed by atoms with Crippen LogP contribution in [0.2, 0.25) is 0 Å². The van der Waals surface area contributed by atoms with Crippen molar-refractivity contribution >= 4 is 0 Å². The van der Waals surface area contributed by atoms with Crippen LogP contribution in [0.25, 0.3) is 0 Å². The van der Waals surface area contributed by atoms with Gasteiger partial charge < -0.3 is 10.2 Å². The fraction of sp³-hybridized carbons (Fsp3) is 1.00. The van der Waals surface area contributed by atoms with Gasteiger partial charge in [0, 0.05) is 0 Å². The van der Waals surface area contributed by atoms with Crippen molar-refractivity contribution in [3.8, 4) is 0 Å². The molecule has 92 valence electrons. The Morgan fingerprint density at radius 3 is 1.20 bits per heavy atom. The molecule has 0 saturated carbocycles. The molecule has 2 N–H and O–H groups in total. The van der Waals surface area contributed by atoms with Crippen molar-refractivity contribution in [3.63, 3.8) is 0 Å². The Bertz CT molecular complexity index is 188. The Morgan fingerprint density at radius 1 is 0.733 bits per heavy atom. The van der Waals surface area contributed by atoms with Crippen molar-refractivity contribution in [2.45, 2.75) is 18.5 Å². The molecule has 0 aliphatic heterocycles. The first kappa shape index (κ1) is 14.4. The monoisotopic (exact) mass is 244 g/mol. The highest BCUT2D eigenvalue weighted by atomic mass is 19.3. The number of rotatable bonds is 6. The van der Waals surface area contributed by atoms with Gasteiger partial charge in [-0.1, -0.05) is 0 Å².